The Morgan fingerprint density at radius 2 is 1.73 bits per heavy atom. The number of hydrogen-bond donors (Lipinski definition) is 2. The van der Waals surface area contributed by atoms with Crippen LogP contribution in [0.2, 0.25) is 0 Å². The van der Waals surface area contributed by atoms with Crippen LogP contribution < -0.4 is 14.8 Å². The van der Waals surface area contributed by atoms with Gasteiger partial charge < -0.3 is 10.1 Å². The molecular formula is C22H21FN2O4S. The minimum Gasteiger partial charge on any atom is -0.494 e. The van der Waals surface area contributed by atoms with Gasteiger partial charge in [0.1, 0.15) is 11.6 Å². The third-order valence-corrected chi connectivity index (χ3v) is 5.65. The topological polar surface area (TPSA) is 84.5 Å². The number of carbonyl (C=O) groups excluding carboxylic acids is 1. The SMILES string of the molecule is CCOc1ccc(S(=O)(=O)Nc2cccc(C(=O)Nc3ccc(C)c(F)c3)c2)cc1. The molecule has 0 aliphatic rings. The highest BCUT2D eigenvalue weighted by Crippen LogP contribution is 2.21. The maximum absolute atomic E-state index is 13.7. The van der Waals surface area contributed by atoms with E-state index in [1.165, 1.54) is 36.4 Å². The first kappa shape index (κ1) is 21.3. The van der Waals surface area contributed by atoms with Crippen LogP contribution in [0.3, 0.4) is 0 Å². The Morgan fingerprint density at radius 3 is 2.40 bits per heavy atom. The molecule has 3 aromatic rings. The summed E-state index contributed by atoms with van der Waals surface area (Å²) < 4.78 is 46.7. The Bertz CT molecular complexity index is 1160. The van der Waals surface area contributed by atoms with Crippen LogP contribution in [0, 0.1) is 12.7 Å². The van der Waals surface area contributed by atoms with Gasteiger partial charge in [0, 0.05) is 16.9 Å². The largest absolute Gasteiger partial charge is 0.494 e. The van der Waals surface area contributed by atoms with E-state index in [1.54, 1.807) is 37.3 Å². The van der Waals surface area contributed by atoms with E-state index in [2.05, 4.69) is 10.0 Å². The van der Waals surface area contributed by atoms with Crippen LogP contribution in [0.5, 0.6) is 5.75 Å². The molecule has 0 atom stereocenters. The van der Waals surface area contributed by atoms with Crippen LogP contribution in [0.15, 0.2) is 71.6 Å². The average molecular weight is 428 g/mol. The van der Waals surface area contributed by atoms with Crippen molar-refractivity contribution < 1.29 is 22.3 Å². The van der Waals surface area contributed by atoms with E-state index in [9.17, 15) is 17.6 Å². The Balaban J connectivity index is 1.75. The fourth-order valence-corrected chi connectivity index (χ4v) is 3.74. The van der Waals surface area contributed by atoms with Gasteiger partial charge in [0.2, 0.25) is 0 Å². The molecule has 0 aliphatic heterocycles. The number of hydrogen-bond acceptors (Lipinski definition) is 4. The van der Waals surface area contributed by atoms with E-state index in [0.717, 1.165) is 0 Å². The van der Waals surface area contributed by atoms with Gasteiger partial charge in [-0.1, -0.05) is 12.1 Å². The van der Waals surface area contributed by atoms with Crippen molar-refractivity contribution in [2.75, 3.05) is 16.6 Å². The lowest BCUT2D eigenvalue weighted by Crippen LogP contribution is -2.15. The molecule has 3 rings (SSSR count). The minimum atomic E-state index is -3.84. The molecule has 2 N–H and O–H groups in total. The molecular weight excluding hydrogens is 407 g/mol. The van der Waals surface area contributed by atoms with E-state index in [0.29, 0.717) is 23.6 Å². The summed E-state index contributed by atoms with van der Waals surface area (Å²) in [7, 11) is -3.84. The molecule has 0 heterocycles. The van der Waals surface area contributed by atoms with E-state index < -0.39 is 21.7 Å². The molecule has 0 unspecified atom stereocenters. The molecule has 0 bridgehead atoms. The zero-order chi connectivity index (χ0) is 21.7. The molecule has 3 aromatic carbocycles. The maximum Gasteiger partial charge on any atom is 0.261 e. The van der Waals surface area contributed by atoms with Gasteiger partial charge in [0.15, 0.2) is 0 Å². The maximum atomic E-state index is 13.7. The Labute approximate surface area is 174 Å². The quantitative estimate of drug-likeness (QED) is 0.577. The molecule has 0 aromatic heterocycles. The summed E-state index contributed by atoms with van der Waals surface area (Å²) in [6, 6.07) is 16.4. The first-order valence-corrected chi connectivity index (χ1v) is 10.7. The first-order valence-electron chi connectivity index (χ1n) is 9.22. The third-order valence-electron chi connectivity index (χ3n) is 4.25. The summed E-state index contributed by atoms with van der Waals surface area (Å²) >= 11 is 0. The molecule has 8 heteroatoms. The second-order valence-corrected chi connectivity index (χ2v) is 8.19. The lowest BCUT2D eigenvalue weighted by molar-refractivity contribution is 0.102. The van der Waals surface area contributed by atoms with Crippen LogP contribution in [0.4, 0.5) is 15.8 Å². The van der Waals surface area contributed by atoms with Crippen molar-refractivity contribution in [3.05, 3.63) is 83.7 Å². The molecule has 0 saturated carbocycles. The summed E-state index contributed by atoms with van der Waals surface area (Å²) in [6.45, 7) is 3.94. The van der Waals surface area contributed by atoms with Crippen LogP contribution in [-0.4, -0.2) is 20.9 Å². The molecule has 1 amide bonds. The number of sulfonamides is 1. The average Bonchev–Trinajstić information content (AvgIpc) is 2.71. The lowest BCUT2D eigenvalue weighted by Gasteiger charge is -2.11. The van der Waals surface area contributed by atoms with Crippen LogP contribution in [0.25, 0.3) is 0 Å². The number of ether oxygens (including phenoxy) is 1. The molecule has 0 radical (unpaired) electrons. The van der Waals surface area contributed by atoms with E-state index >= 15 is 0 Å². The lowest BCUT2D eigenvalue weighted by atomic mass is 10.1. The van der Waals surface area contributed by atoms with Crippen LogP contribution in [-0.2, 0) is 10.0 Å². The number of carbonyl (C=O) groups is 1. The zero-order valence-corrected chi connectivity index (χ0v) is 17.3. The van der Waals surface area contributed by atoms with Gasteiger partial charge in [-0.25, -0.2) is 12.8 Å². The van der Waals surface area contributed by atoms with Gasteiger partial charge in [-0.05, 0) is 74.0 Å². The predicted molar refractivity (Wildman–Crippen MR) is 114 cm³/mol. The van der Waals surface area contributed by atoms with Crippen molar-refractivity contribution in [2.45, 2.75) is 18.7 Å². The number of nitrogens with one attached hydrogen (secondary N) is 2. The van der Waals surface area contributed by atoms with E-state index in [4.69, 9.17) is 4.74 Å². The smallest absolute Gasteiger partial charge is 0.261 e. The summed E-state index contributed by atoms with van der Waals surface area (Å²) in [5, 5.41) is 2.60. The molecule has 0 saturated heterocycles. The molecule has 0 spiro atoms. The van der Waals surface area contributed by atoms with Gasteiger partial charge in [0.25, 0.3) is 15.9 Å². The summed E-state index contributed by atoms with van der Waals surface area (Å²) in [4.78, 5) is 12.5. The zero-order valence-electron chi connectivity index (χ0n) is 16.5. The fraction of sp³-hybridized carbons (Fsp3) is 0.136. The van der Waals surface area contributed by atoms with Crippen molar-refractivity contribution in [3.8, 4) is 5.75 Å². The number of halogens is 1. The van der Waals surface area contributed by atoms with Gasteiger partial charge in [-0.15, -0.1) is 0 Å². The second kappa shape index (κ2) is 8.96. The molecule has 6 nitrogen and oxygen atoms in total. The molecule has 156 valence electrons. The highest BCUT2D eigenvalue weighted by molar-refractivity contribution is 7.92. The van der Waals surface area contributed by atoms with Crippen LogP contribution in [0.1, 0.15) is 22.8 Å². The first-order chi connectivity index (χ1) is 14.3. The van der Waals surface area contributed by atoms with Gasteiger partial charge >= 0.3 is 0 Å². The van der Waals surface area contributed by atoms with E-state index in [1.807, 2.05) is 6.92 Å². The normalized spacial score (nSPS) is 11.0. The van der Waals surface area contributed by atoms with Crippen molar-refractivity contribution in [1.29, 1.82) is 0 Å². The molecule has 0 aliphatic carbocycles. The fourth-order valence-electron chi connectivity index (χ4n) is 2.69. The van der Waals surface area contributed by atoms with Gasteiger partial charge in [0.05, 0.1) is 11.5 Å². The van der Waals surface area contributed by atoms with Crippen molar-refractivity contribution in [1.82, 2.24) is 0 Å². The van der Waals surface area contributed by atoms with E-state index in [-0.39, 0.29) is 16.1 Å². The van der Waals surface area contributed by atoms with Crippen molar-refractivity contribution >= 4 is 27.3 Å². The van der Waals surface area contributed by atoms with Crippen LogP contribution >= 0.6 is 0 Å². The molecule has 30 heavy (non-hydrogen) atoms. The number of benzene rings is 3. The highest BCUT2D eigenvalue weighted by atomic mass is 32.2. The Hall–Kier alpha value is -3.39. The standard InChI is InChI=1S/C22H21FN2O4S/c1-3-29-19-9-11-20(12-10-19)30(27,28)25-18-6-4-5-16(13-18)22(26)24-17-8-7-15(2)21(23)14-17/h4-14,25H,3H2,1-2H3,(H,24,26). The predicted octanol–water partition coefficient (Wildman–Crippen LogP) is 4.59. The number of rotatable bonds is 7. The minimum absolute atomic E-state index is 0.0657. The Kier molecular flexibility index (Phi) is 6.37. The summed E-state index contributed by atoms with van der Waals surface area (Å²) in [5.74, 6) is -0.340. The monoisotopic (exact) mass is 428 g/mol. The van der Waals surface area contributed by atoms with Gasteiger partial charge in [-0.3, -0.25) is 9.52 Å². The van der Waals surface area contributed by atoms with Crippen molar-refractivity contribution in [2.24, 2.45) is 0 Å². The summed E-state index contributed by atoms with van der Waals surface area (Å²) in [5.41, 5.74) is 1.23. The highest BCUT2D eigenvalue weighted by Gasteiger charge is 2.15. The Morgan fingerprint density at radius 1 is 1.00 bits per heavy atom. The van der Waals surface area contributed by atoms with Gasteiger partial charge in [-0.2, -0.15) is 0 Å². The second-order valence-electron chi connectivity index (χ2n) is 6.51. The third kappa shape index (κ3) is 5.15. The number of amides is 1. The number of aryl methyl sites for hydroxylation is 1. The number of anilines is 2. The molecule has 0 fully saturated rings. The summed E-state index contributed by atoms with van der Waals surface area (Å²) in [6.07, 6.45) is 0. The van der Waals surface area contributed by atoms with Crippen molar-refractivity contribution in [3.63, 3.8) is 0 Å².